The van der Waals surface area contributed by atoms with E-state index in [2.05, 4.69) is 9.88 Å². The van der Waals surface area contributed by atoms with Gasteiger partial charge in [-0.1, -0.05) is 6.42 Å². The van der Waals surface area contributed by atoms with E-state index < -0.39 is 0 Å². The van der Waals surface area contributed by atoms with Crippen LogP contribution < -0.4 is 4.74 Å². The number of pyridine rings is 1. The lowest BCUT2D eigenvalue weighted by Crippen LogP contribution is -2.49. The Bertz CT molecular complexity index is 419. The number of hydrogen-bond acceptors (Lipinski definition) is 3. The average molecular weight is 260 g/mol. The van der Waals surface area contributed by atoms with Crippen LogP contribution in [0, 0.1) is 12.8 Å². The lowest BCUT2D eigenvalue weighted by molar-refractivity contribution is 0.0364. The van der Waals surface area contributed by atoms with Crippen molar-refractivity contribution in [2.75, 3.05) is 19.7 Å². The first-order chi connectivity index (χ1) is 9.34. The molecule has 2 saturated heterocycles. The summed E-state index contributed by atoms with van der Waals surface area (Å²) in [6.07, 6.45) is 8.61. The molecule has 2 aliphatic rings. The van der Waals surface area contributed by atoms with E-state index in [0.717, 1.165) is 24.1 Å². The lowest BCUT2D eigenvalue weighted by Gasteiger charge is -2.44. The standard InChI is InChI=1S/C16H24N2O/c1-13-16(8-4-9-17-13)19-12-14-6-5-11-18-10-3-2-7-15(14)18/h4,8-9,14-15H,2-3,5-7,10-12H2,1H3/t14-,15+/m0/s1. The zero-order valence-corrected chi connectivity index (χ0v) is 11.8. The van der Waals surface area contributed by atoms with Crippen molar-refractivity contribution in [3.63, 3.8) is 0 Å². The molecule has 0 bridgehead atoms. The lowest BCUT2D eigenvalue weighted by atomic mass is 9.84. The monoisotopic (exact) mass is 260 g/mol. The molecule has 104 valence electrons. The molecule has 3 heterocycles. The van der Waals surface area contributed by atoms with Crippen molar-refractivity contribution in [2.45, 2.75) is 45.1 Å². The molecule has 19 heavy (non-hydrogen) atoms. The summed E-state index contributed by atoms with van der Waals surface area (Å²) in [5.74, 6) is 1.66. The Morgan fingerprint density at radius 1 is 1.26 bits per heavy atom. The highest BCUT2D eigenvalue weighted by molar-refractivity contribution is 5.25. The molecule has 0 aliphatic carbocycles. The van der Waals surface area contributed by atoms with Crippen molar-refractivity contribution in [1.29, 1.82) is 0 Å². The van der Waals surface area contributed by atoms with Crippen LogP contribution in [-0.2, 0) is 0 Å². The second kappa shape index (κ2) is 5.91. The molecule has 0 radical (unpaired) electrons. The second-order valence-electron chi connectivity index (χ2n) is 5.90. The van der Waals surface area contributed by atoms with Gasteiger partial charge in [0.25, 0.3) is 0 Å². The number of ether oxygens (including phenoxy) is 1. The molecule has 2 fully saturated rings. The van der Waals surface area contributed by atoms with E-state index in [-0.39, 0.29) is 0 Å². The highest BCUT2D eigenvalue weighted by atomic mass is 16.5. The molecule has 3 heteroatoms. The minimum atomic E-state index is 0.702. The SMILES string of the molecule is Cc1ncccc1OC[C@@H]1CCCN2CCCC[C@H]12. The molecule has 0 saturated carbocycles. The second-order valence-corrected chi connectivity index (χ2v) is 5.90. The van der Waals surface area contributed by atoms with Crippen LogP contribution in [0.5, 0.6) is 5.75 Å². The molecule has 0 amide bonds. The van der Waals surface area contributed by atoms with Crippen molar-refractivity contribution < 1.29 is 4.74 Å². The van der Waals surface area contributed by atoms with Gasteiger partial charge in [-0.2, -0.15) is 0 Å². The van der Waals surface area contributed by atoms with Gasteiger partial charge in [-0.15, -0.1) is 0 Å². The molecule has 2 aliphatic heterocycles. The smallest absolute Gasteiger partial charge is 0.140 e. The van der Waals surface area contributed by atoms with E-state index >= 15 is 0 Å². The van der Waals surface area contributed by atoms with Crippen molar-refractivity contribution in [3.05, 3.63) is 24.0 Å². The molecule has 0 unspecified atom stereocenters. The van der Waals surface area contributed by atoms with Gasteiger partial charge in [0.2, 0.25) is 0 Å². The van der Waals surface area contributed by atoms with Crippen LogP contribution in [0.15, 0.2) is 18.3 Å². The van der Waals surface area contributed by atoms with E-state index in [9.17, 15) is 0 Å². The molecular weight excluding hydrogens is 236 g/mol. The Balaban J connectivity index is 1.61. The molecule has 2 atom stereocenters. The van der Waals surface area contributed by atoms with Gasteiger partial charge in [0.05, 0.1) is 12.3 Å². The van der Waals surface area contributed by atoms with Crippen molar-refractivity contribution in [3.8, 4) is 5.75 Å². The molecule has 3 nitrogen and oxygen atoms in total. The summed E-state index contributed by atoms with van der Waals surface area (Å²) in [5.41, 5.74) is 0.999. The van der Waals surface area contributed by atoms with Gasteiger partial charge >= 0.3 is 0 Å². The predicted molar refractivity (Wildman–Crippen MR) is 76.4 cm³/mol. The summed E-state index contributed by atoms with van der Waals surface area (Å²) in [4.78, 5) is 6.98. The van der Waals surface area contributed by atoms with Gasteiger partial charge in [-0.25, -0.2) is 0 Å². The number of piperidine rings is 2. The third-order valence-electron chi connectivity index (χ3n) is 4.64. The van der Waals surface area contributed by atoms with Gasteiger partial charge in [0, 0.05) is 18.2 Å². The average Bonchev–Trinajstić information content (AvgIpc) is 2.46. The van der Waals surface area contributed by atoms with E-state index in [0.29, 0.717) is 5.92 Å². The number of aromatic nitrogens is 1. The van der Waals surface area contributed by atoms with Gasteiger partial charge in [-0.05, 0) is 57.8 Å². The normalized spacial score (nSPS) is 27.8. The fourth-order valence-electron chi connectivity index (χ4n) is 3.59. The Morgan fingerprint density at radius 2 is 2.16 bits per heavy atom. The molecular formula is C16H24N2O. The number of fused-ring (bicyclic) bond motifs is 1. The first-order valence-electron chi connectivity index (χ1n) is 7.63. The quantitative estimate of drug-likeness (QED) is 0.835. The maximum absolute atomic E-state index is 6.04. The predicted octanol–water partition coefficient (Wildman–Crippen LogP) is 3.03. The van der Waals surface area contributed by atoms with E-state index in [1.165, 1.54) is 45.2 Å². The molecule has 0 aromatic carbocycles. The number of hydrogen-bond donors (Lipinski definition) is 0. The Labute approximate surface area is 116 Å². The fourth-order valence-corrected chi connectivity index (χ4v) is 3.59. The van der Waals surface area contributed by atoms with Gasteiger partial charge < -0.3 is 4.74 Å². The van der Waals surface area contributed by atoms with Crippen molar-refractivity contribution >= 4 is 0 Å². The molecule has 0 N–H and O–H groups in total. The molecule has 0 spiro atoms. The van der Waals surface area contributed by atoms with Gasteiger partial charge in [0.1, 0.15) is 5.75 Å². The topological polar surface area (TPSA) is 25.4 Å². The van der Waals surface area contributed by atoms with Crippen LogP contribution in [0.1, 0.15) is 37.8 Å². The minimum Gasteiger partial charge on any atom is -0.491 e. The first kappa shape index (κ1) is 12.9. The maximum atomic E-state index is 6.04. The highest BCUT2D eigenvalue weighted by Crippen LogP contribution is 2.31. The van der Waals surface area contributed by atoms with Crippen LogP contribution in [0.4, 0.5) is 0 Å². The number of rotatable bonds is 3. The largest absolute Gasteiger partial charge is 0.491 e. The van der Waals surface area contributed by atoms with Gasteiger partial charge in [-0.3, -0.25) is 9.88 Å². The van der Waals surface area contributed by atoms with Crippen molar-refractivity contribution in [1.82, 2.24) is 9.88 Å². The maximum Gasteiger partial charge on any atom is 0.140 e. The molecule has 1 aromatic heterocycles. The van der Waals surface area contributed by atoms with Crippen LogP contribution >= 0.6 is 0 Å². The first-order valence-corrected chi connectivity index (χ1v) is 7.63. The minimum absolute atomic E-state index is 0.702. The third-order valence-corrected chi connectivity index (χ3v) is 4.64. The van der Waals surface area contributed by atoms with Gasteiger partial charge in [0.15, 0.2) is 0 Å². The summed E-state index contributed by atoms with van der Waals surface area (Å²) < 4.78 is 6.04. The van der Waals surface area contributed by atoms with Crippen LogP contribution in [0.3, 0.4) is 0 Å². The zero-order valence-electron chi connectivity index (χ0n) is 11.8. The summed E-state index contributed by atoms with van der Waals surface area (Å²) in [6.45, 7) is 5.47. The summed E-state index contributed by atoms with van der Waals surface area (Å²) in [6, 6.07) is 4.75. The van der Waals surface area contributed by atoms with Crippen LogP contribution in [0.2, 0.25) is 0 Å². The van der Waals surface area contributed by atoms with E-state index in [4.69, 9.17) is 4.74 Å². The number of aryl methyl sites for hydroxylation is 1. The number of nitrogens with zero attached hydrogens (tertiary/aromatic N) is 2. The van der Waals surface area contributed by atoms with Crippen molar-refractivity contribution in [2.24, 2.45) is 5.92 Å². The summed E-state index contributed by atoms with van der Waals surface area (Å²) in [5, 5.41) is 0. The Morgan fingerprint density at radius 3 is 3.05 bits per heavy atom. The molecule has 1 aromatic rings. The molecule has 3 rings (SSSR count). The fraction of sp³-hybridized carbons (Fsp3) is 0.688. The van der Waals surface area contributed by atoms with Crippen LogP contribution in [0.25, 0.3) is 0 Å². The summed E-state index contributed by atoms with van der Waals surface area (Å²) >= 11 is 0. The van der Waals surface area contributed by atoms with E-state index in [1.807, 2.05) is 25.3 Å². The highest BCUT2D eigenvalue weighted by Gasteiger charge is 2.33. The van der Waals surface area contributed by atoms with Crippen LogP contribution in [-0.4, -0.2) is 35.6 Å². The Hall–Kier alpha value is -1.09. The summed E-state index contributed by atoms with van der Waals surface area (Å²) in [7, 11) is 0. The van der Waals surface area contributed by atoms with E-state index in [1.54, 1.807) is 0 Å². The third kappa shape index (κ3) is 2.92. The Kier molecular flexibility index (Phi) is 4.02. The zero-order chi connectivity index (χ0) is 13.1.